The Labute approximate surface area is 153 Å². The number of halogens is 1. The van der Waals surface area contributed by atoms with E-state index in [1.165, 1.54) is 16.9 Å². The van der Waals surface area contributed by atoms with E-state index < -0.39 is 0 Å². The zero-order valence-electron chi connectivity index (χ0n) is 14.3. The average Bonchev–Trinajstić information content (AvgIpc) is 3.31. The van der Waals surface area contributed by atoms with Crippen LogP contribution in [0.1, 0.15) is 5.56 Å². The molecule has 0 aliphatic carbocycles. The van der Waals surface area contributed by atoms with E-state index in [0.29, 0.717) is 24.4 Å². The van der Waals surface area contributed by atoms with Crippen molar-refractivity contribution in [2.75, 3.05) is 13.3 Å². The lowest BCUT2D eigenvalue weighted by Crippen LogP contribution is -2.30. The predicted octanol–water partition coefficient (Wildman–Crippen LogP) is 1.57. The second-order valence-electron chi connectivity index (χ2n) is 5.94. The van der Waals surface area contributed by atoms with Crippen LogP contribution in [0.2, 0.25) is 0 Å². The Morgan fingerprint density at radius 2 is 1.96 bits per heavy atom. The van der Waals surface area contributed by atoms with Gasteiger partial charge in [0.2, 0.25) is 18.5 Å². The van der Waals surface area contributed by atoms with Crippen molar-refractivity contribution >= 4 is 5.91 Å². The average molecular weight is 369 g/mol. The highest BCUT2D eigenvalue weighted by molar-refractivity contribution is 5.75. The number of hydrogen-bond donors (Lipinski definition) is 1. The van der Waals surface area contributed by atoms with Crippen LogP contribution in [0.25, 0.3) is 11.4 Å². The number of nitrogens with one attached hydrogen (secondary N) is 1. The van der Waals surface area contributed by atoms with Gasteiger partial charge in [-0.25, -0.2) is 4.39 Å². The van der Waals surface area contributed by atoms with E-state index in [-0.39, 0.29) is 25.1 Å². The van der Waals surface area contributed by atoms with Gasteiger partial charge in [-0.2, -0.15) is 4.80 Å². The molecule has 0 bridgehead atoms. The van der Waals surface area contributed by atoms with Gasteiger partial charge in [-0.3, -0.25) is 4.79 Å². The molecule has 0 saturated heterocycles. The minimum Gasteiger partial charge on any atom is -0.454 e. The van der Waals surface area contributed by atoms with E-state index in [4.69, 9.17) is 9.47 Å². The molecule has 0 spiro atoms. The monoisotopic (exact) mass is 369 g/mol. The number of ether oxygens (including phenoxy) is 2. The standard InChI is InChI=1S/C18H16FN5O3/c19-14-4-2-13(3-5-14)18-21-23-24(22-18)10-17(25)20-8-7-12-1-6-15-16(9-12)27-11-26-15/h1-6,9H,7-8,10-11H2,(H,20,25). The first-order chi connectivity index (χ1) is 13.2. The third-order valence-electron chi connectivity index (χ3n) is 4.01. The van der Waals surface area contributed by atoms with Gasteiger partial charge in [0.05, 0.1) is 0 Å². The molecule has 8 nitrogen and oxygen atoms in total. The van der Waals surface area contributed by atoms with Crippen molar-refractivity contribution in [2.24, 2.45) is 0 Å². The molecule has 1 aromatic heterocycles. The lowest BCUT2D eigenvalue weighted by Gasteiger charge is -2.05. The van der Waals surface area contributed by atoms with Gasteiger partial charge < -0.3 is 14.8 Å². The van der Waals surface area contributed by atoms with Crippen molar-refractivity contribution in [3.8, 4) is 22.9 Å². The molecule has 138 valence electrons. The smallest absolute Gasteiger partial charge is 0.243 e. The molecular weight excluding hydrogens is 353 g/mol. The molecule has 0 atom stereocenters. The van der Waals surface area contributed by atoms with Crippen LogP contribution in [0.5, 0.6) is 11.5 Å². The van der Waals surface area contributed by atoms with E-state index in [1.54, 1.807) is 12.1 Å². The van der Waals surface area contributed by atoms with Crippen LogP contribution in [0, 0.1) is 5.82 Å². The fourth-order valence-corrected chi connectivity index (χ4v) is 2.65. The Kier molecular flexibility index (Phi) is 4.65. The summed E-state index contributed by atoms with van der Waals surface area (Å²) in [6, 6.07) is 11.5. The van der Waals surface area contributed by atoms with Crippen LogP contribution in [0.4, 0.5) is 4.39 Å². The van der Waals surface area contributed by atoms with E-state index in [9.17, 15) is 9.18 Å². The number of benzene rings is 2. The van der Waals surface area contributed by atoms with Crippen molar-refractivity contribution in [3.63, 3.8) is 0 Å². The first kappa shape index (κ1) is 17.0. The molecule has 1 aliphatic rings. The van der Waals surface area contributed by atoms with Gasteiger partial charge in [0.1, 0.15) is 12.4 Å². The topological polar surface area (TPSA) is 91.2 Å². The molecule has 4 rings (SSSR count). The second-order valence-corrected chi connectivity index (χ2v) is 5.94. The number of nitrogens with zero attached hydrogens (tertiary/aromatic N) is 4. The number of amides is 1. The number of carbonyl (C=O) groups is 1. The maximum absolute atomic E-state index is 13.0. The highest BCUT2D eigenvalue weighted by Crippen LogP contribution is 2.32. The molecule has 2 aromatic carbocycles. The van der Waals surface area contributed by atoms with E-state index in [0.717, 1.165) is 17.1 Å². The van der Waals surface area contributed by atoms with E-state index >= 15 is 0 Å². The Morgan fingerprint density at radius 1 is 1.15 bits per heavy atom. The van der Waals surface area contributed by atoms with Crippen molar-refractivity contribution in [3.05, 3.63) is 53.8 Å². The summed E-state index contributed by atoms with van der Waals surface area (Å²) in [6.45, 7) is 0.660. The summed E-state index contributed by atoms with van der Waals surface area (Å²) >= 11 is 0. The Balaban J connectivity index is 1.28. The first-order valence-corrected chi connectivity index (χ1v) is 8.36. The fourth-order valence-electron chi connectivity index (χ4n) is 2.65. The van der Waals surface area contributed by atoms with Gasteiger partial charge in [0.25, 0.3) is 0 Å². The van der Waals surface area contributed by atoms with E-state index in [1.807, 2.05) is 18.2 Å². The molecule has 27 heavy (non-hydrogen) atoms. The van der Waals surface area contributed by atoms with Crippen molar-refractivity contribution in [2.45, 2.75) is 13.0 Å². The number of aromatic nitrogens is 4. The number of fused-ring (bicyclic) bond motifs is 1. The van der Waals surface area contributed by atoms with E-state index in [2.05, 4.69) is 20.7 Å². The summed E-state index contributed by atoms with van der Waals surface area (Å²) in [4.78, 5) is 13.2. The zero-order valence-corrected chi connectivity index (χ0v) is 14.3. The van der Waals surface area contributed by atoms with Crippen LogP contribution >= 0.6 is 0 Å². The third-order valence-corrected chi connectivity index (χ3v) is 4.01. The molecule has 0 fully saturated rings. The maximum atomic E-state index is 13.0. The normalized spacial score (nSPS) is 12.2. The van der Waals surface area contributed by atoms with Crippen molar-refractivity contribution in [1.29, 1.82) is 0 Å². The van der Waals surface area contributed by atoms with Gasteiger partial charge in [-0.15, -0.1) is 10.2 Å². The molecule has 2 heterocycles. The highest BCUT2D eigenvalue weighted by atomic mass is 19.1. The predicted molar refractivity (Wildman–Crippen MR) is 92.5 cm³/mol. The Bertz CT molecular complexity index is 958. The lowest BCUT2D eigenvalue weighted by molar-refractivity contribution is -0.122. The lowest BCUT2D eigenvalue weighted by atomic mass is 10.1. The minimum atomic E-state index is -0.340. The summed E-state index contributed by atoms with van der Waals surface area (Å²) in [5.41, 5.74) is 1.67. The maximum Gasteiger partial charge on any atom is 0.243 e. The van der Waals surface area contributed by atoms with Crippen LogP contribution < -0.4 is 14.8 Å². The quantitative estimate of drug-likeness (QED) is 0.709. The Morgan fingerprint density at radius 3 is 2.81 bits per heavy atom. The zero-order chi connectivity index (χ0) is 18.6. The molecule has 9 heteroatoms. The van der Waals surface area contributed by atoms with Gasteiger partial charge in [0, 0.05) is 12.1 Å². The van der Waals surface area contributed by atoms with Crippen LogP contribution in [0.15, 0.2) is 42.5 Å². The molecular formula is C18H16FN5O3. The van der Waals surface area contributed by atoms with Gasteiger partial charge in [-0.05, 0) is 53.6 Å². The third kappa shape index (κ3) is 4.02. The molecule has 1 N–H and O–H groups in total. The number of carbonyl (C=O) groups excluding carboxylic acids is 1. The van der Waals surface area contributed by atoms with Gasteiger partial charge in [-0.1, -0.05) is 6.07 Å². The highest BCUT2D eigenvalue weighted by Gasteiger charge is 2.13. The number of rotatable bonds is 6. The summed E-state index contributed by atoms with van der Waals surface area (Å²) in [5, 5.41) is 14.7. The second kappa shape index (κ2) is 7.40. The fraction of sp³-hybridized carbons (Fsp3) is 0.222. The largest absolute Gasteiger partial charge is 0.454 e. The molecule has 1 amide bonds. The van der Waals surface area contributed by atoms with Crippen LogP contribution in [0.3, 0.4) is 0 Å². The van der Waals surface area contributed by atoms with Gasteiger partial charge in [0.15, 0.2) is 11.5 Å². The summed E-state index contributed by atoms with van der Waals surface area (Å²) in [7, 11) is 0. The first-order valence-electron chi connectivity index (χ1n) is 8.36. The summed E-state index contributed by atoms with van der Waals surface area (Å²) in [5.74, 6) is 1.23. The SMILES string of the molecule is O=C(Cn1nnc(-c2ccc(F)cc2)n1)NCCc1ccc2c(c1)OCO2. The van der Waals surface area contributed by atoms with Gasteiger partial charge >= 0.3 is 0 Å². The number of hydrogen-bond acceptors (Lipinski definition) is 6. The van der Waals surface area contributed by atoms with Crippen LogP contribution in [-0.4, -0.2) is 39.5 Å². The molecule has 3 aromatic rings. The molecule has 0 radical (unpaired) electrons. The van der Waals surface area contributed by atoms with Crippen molar-refractivity contribution in [1.82, 2.24) is 25.5 Å². The van der Waals surface area contributed by atoms with Crippen molar-refractivity contribution < 1.29 is 18.7 Å². The Hall–Kier alpha value is -3.49. The number of tetrazole rings is 1. The summed E-state index contributed by atoms with van der Waals surface area (Å²) < 4.78 is 23.6. The van der Waals surface area contributed by atoms with Crippen LogP contribution in [-0.2, 0) is 17.8 Å². The molecule has 0 unspecified atom stereocenters. The summed E-state index contributed by atoms with van der Waals surface area (Å²) in [6.07, 6.45) is 0.661. The minimum absolute atomic E-state index is 0.0463. The molecule has 0 saturated carbocycles. The molecule has 1 aliphatic heterocycles.